The average Bonchev–Trinajstić information content (AvgIpc) is 3.53. The highest BCUT2D eigenvalue weighted by Gasteiger charge is 2.23. The Balaban J connectivity index is 1.40. The molecule has 184 valence electrons. The summed E-state index contributed by atoms with van der Waals surface area (Å²) in [6.45, 7) is 4.36. The second-order valence-corrected chi connectivity index (χ2v) is 8.79. The Labute approximate surface area is 207 Å². The molecule has 35 heavy (non-hydrogen) atoms. The van der Waals surface area contributed by atoms with Crippen molar-refractivity contribution in [2.24, 2.45) is 0 Å². The monoisotopic (exact) mass is 474 g/mol. The zero-order chi connectivity index (χ0) is 24.6. The van der Waals surface area contributed by atoms with Crippen LogP contribution >= 0.6 is 0 Å². The first-order chi connectivity index (χ1) is 17.1. The molecule has 2 aromatic heterocycles. The fourth-order valence-corrected chi connectivity index (χ4v) is 4.52. The van der Waals surface area contributed by atoms with Gasteiger partial charge >= 0.3 is 0 Å². The molecule has 0 fully saturated rings. The number of nitrogens with one attached hydrogen (secondary N) is 4. The van der Waals surface area contributed by atoms with E-state index < -0.39 is 0 Å². The highest BCUT2D eigenvalue weighted by molar-refractivity contribution is 5.66. The number of anilines is 4. The molecule has 0 aliphatic heterocycles. The Morgan fingerprint density at radius 2 is 1.14 bits per heavy atom. The molecule has 2 unspecified atom stereocenters. The molecule has 2 atom stereocenters. The second kappa shape index (κ2) is 11.5. The number of nitrogens with zero attached hydrogens (tertiary/aromatic N) is 2. The van der Waals surface area contributed by atoms with Crippen LogP contribution in [0.3, 0.4) is 0 Å². The third kappa shape index (κ3) is 5.77. The van der Waals surface area contributed by atoms with Crippen molar-refractivity contribution in [3.63, 3.8) is 0 Å². The van der Waals surface area contributed by atoms with Crippen LogP contribution in [0.2, 0.25) is 0 Å². The van der Waals surface area contributed by atoms with Gasteiger partial charge in [-0.3, -0.25) is 0 Å². The number of para-hydroxylation sites is 4. The number of hydrogen-bond acceptors (Lipinski definition) is 4. The van der Waals surface area contributed by atoms with Gasteiger partial charge in [-0.15, -0.1) is 0 Å². The van der Waals surface area contributed by atoms with E-state index >= 15 is 0 Å². The van der Waals surface area contributed by atoms with Gasteiger partial charge in [0.2, 0.25) is 0 Å². The largest absolute Gasteiger partial charge is 0.397 e. The van der Waals surface area contributed by atoms with Crippen molar-refractivity contribution in [1.29, 1.82) is 0 Å². The molecule has 8 nitrogen and oxygen atoms in total. The number of hydrogen-bond donors (Lipinski definition) is 6. The van der Waals surface area contributed by atoms with Crippen LogP contribution in [0, 0.1) is 0 Å². The van der Waals surface area contributed by atoms with Crippen molar-refractivity contribution in [1.82, 2.24) is 9.97 Å². The third-order valence-corrected chi connectivity index (χ3v) is 6.43. The fraction of sp³-hybridized carbons (Fsp3) is 0.333. The van der Waals surface area contributed by atoms with Crippen LogP contribution in [0.25, 0.3) is 0 Å². The number of aromatic amines is 2. The molecule has 2 heterocycles. The lowest BCUT2D eigenvalue weighted by atomic mass is 10.2. The van der Waals surface area contributed by atoms with Gasteiger partial charge in [0.25, 0.3) is 11.6 Å². The molecule has 0 bridgehead atoms. The van der Waals surface area contributed by atoms with Crippen molar-refractivity contribution < 1.29 is 9.13 Å². The summed E-state index contributed by atoms with van der Waals surface area (Å²) in [6, 6.07) is 15.8. The minimum Gasteiger partial charge on any atom is -0.397 e. The van der Waals surface area contributed by atoms with Gasteiger partial charge in [-0.25, -0.2) is 19.1 Å². The van der Waals surface area contributed by atoms with Crippen molar-refractivity contribution in [2.75, 3.05) is 22.1 Å². The van der Waals surface area contributed by atoms with Crippen LogP contribution < -0.4 is 31.2 Å². The van der Waals surface area contributed by atoms with Gasteiger partial charge in [0.05, 0.1) is 22.7 Å². The Morgan fingerprint density at radius 1 is 0.714 bits per heavy atom. The summed E-state index contributed by atoms with van der Waals surface area (Å²) >= 11 is 0. The number of imidazole rings is 2. The van der Waals surface area contributed by atoms with E-state index in [1.165, 1.54) is 11.6 Å². The van der Waals surface area contributed by atoms with E-state index in [-0.39, 0.29) is 12.3 Å². The predicted octanol–water partition coefficient (Wildman–Crippen LogP) is 4.30. The minimum atomic E-state index is 0.126. The molecule has 0 amide bonds. The molecule has 4 aromatic rings. The van der Waals surface area contributed by atoms with Crippen LogP contribution in [0.1, 0.15) is 57.1 Å². The fourth-order valence-electron chi connectivity index (χ4n) is 4.52. The zero-order valence-electron chi connectivity index (χ0n) is 20.7. The highest BCUT2D eigenvalue weighted by Crippen LogP contribution is 2.22. The average molecular weight is 475 g/mol. The molecule has 2 aromatic carbocycles. The first-order valence-electron chi connectivity index (χ1n) is 12.5. The zero-order valence-corrected chi connectivity index (χ0v) is 20.7. The maximum absolute atomic E-state index is 6.16. The third-order valence-electron chi connectivity index (χ3n) is 6.43. The van der Waals surface area contributed by atoms with Crippen LogP contribution in [0.4, 0.5) is 22.7 Å². The Hall–Kier alpha value is -3.94. The topological polar surface area (TPSA) is 115 Å². The van der Waals surface area contributed by atoms with E-state index in [4.69, 9.17) is 11.5 Å². The first-order valence-corrected chi connectivity index (χ1v) is 12.5. The van der Waals surface area contributed by atoms with Crippen molar-refractivity contribution in [3.8, 4) is 0 Å². The maximum atomic E-state index is 6.16. The molecule has 0 spiro atoms. The molecular weight excluding hydrogens is 436 g/mol. The number of nitrogen functional groups attached to an aromatic ring is 2. The van der Waals surface area contributed by atoms with Gasteiger partial charge in [0.15, 0.2) is 12.3 Å². The number of rotatable bonds is 12. The van der Waals surface area contributed by atoms with Gasteiger partial charge in [-0.05, 0) is 30.7 Å². The Bertz CT molecular complexity index is 1120. The predicted molar refractivity (Wildman–Crippen MR) is 142 cm³/mol. The SMILES string of the molecule is CCC(Nc1ccccc1N)[n+]1cc[nH]c1CCCc1[nH]cc[n+]1C(CC)Nc1ccccc1N. The Morgan fingerprint density at radius 3 is 1.54 bits per heavy atom. The van der Waals surface area contributed by atoms with E-state index in [1.54, 1.807) is 0 Å². The molecule has 4 rings (SSSR count). The molecule has 0 saturated heterocycles. The Kier molecular flexibility index (Phi) is 7.92. The molecular formula is C27H38N8+2. The lowest BCUT2D eigenvalue weighted by molar-refractivity contribution is -0.724. The van der Waals surface area contributed by atoms with Gasteiger partial charge in [-0.1, -0.05) is 38.1 Å². The van der Waals surface area contributed by atoms with Gasteiger partial charge in [0.1, 0.15) is 24.8 Å². The van der Waals surface area contributed by atoms with Gasteiger partial charge < -0.3 is 22.1 Å². The quantitative estimate of drug-likeness (QED) is 0.136. The standard InChI is InChI=1S/C27H36N8/c1-3-24(32-22-12-7-5-10-20(22)28)34-18-16-30-26(34)14-9-15-27-31-17-19-35(27)25(4-2)33-23-13-8-6-11-21(23)29/h5-8,10-13,16-19,24-25,32-33H,3-4,9,14-15,28-29H2,1-2H3/p+2. The molecule has 0 saturated carbocycles. The smallest absolute Gasteiger partial charge is 0.255 e. The molecule has 8 heteroatoms. The lowest BCUT2D eigenvalue weighted by Gasteiger charge is -2.18. The summed E-state index contributed by atoms with van der Waals surface area (Å²) in [5.74, 6) is 2.39. The summed E-state index contributed by atoms with van der Waals surface area (Å²) in [5.41, 5.74) is 15.8. The van der Waals surface area contributed by atoms with E-state index in [0.717, 1.165) is 54.9 Å². The summed E-state index contributed by atoms with van der Waals surface area (Å²) in [4.78, 5) is 6.87. The van der Waals surface area contributed by atoms with Crippen LogP contribution in [0.15, 0.2) is 73.3 Å². The van der Waals surface area contributed by atoms with Crippen molar-refractivity contribution in [2.45, 2.75) is 58.3 Å². The number of aryl methyl sites for hydroxylation is 2. The highest BCUT2D eigenvalue weighted by atomic mass is 15.2. The van der Waals surface area contributed by atoms with Gasteiger partial charge in [0, 0.05) is 25.7 Å². The molecule has 0 aliphatic rings. The minimum absolute atomic E-state index is 0.126. The summed E-state index contributed by atoms with van der Waals surface area (Å²) < 4.78 is 4.56. The van der Waals surface area contributed by atoms with E-state index in [2.05, 4.69) is 56.0 Å². The van der Waals surface area contributed by atoms with Crippen LogP contribution in [0.5, 0.6) is 0 Å². The van der Waals surface area contributed by atoms with Crippen LogP contribution in [-0.4, -0.2) is 9.97 Å². The number of H-pyrrole nitrogens is 2. The molecule has 0 aliphatic carbocycles. The second-order valence-electron chi connectivity index (χ2n) is 8.79. The summed E-state index contributed by atoms with van der Waals surface area (Å²) in [6.07, 6.45) is 13.2. The molecule has 0 radical (unpaired) electrons. The molecule has 8 N–H and O–H groups in total. The summed E-state index contributed by atoms with van der Waals surface area (Å²) in [7, 11) is 0. The van der Waals surface area contributed by atoms with E-state index in [1.807, 2.05) is 60.9 Å². The van der Waals surface area contributed by atoms with E-state index in [9.17, 15) is 0 Å². The van der Waals surface area contributed by atoms with Crippen LogP contribution in [-0.2, 0) is 12.8 Å². The van der Waals surface area contributed by atoms with Gasteiger partial charge in [-0.2, -0.15) is 0 Å². The van der Waals surface area contributed by atoms with Crippen molar-refractivity contribution in [3.05, 3.63) is 85.0 Å². The number of benzene rings is 2. The summed E-state index contributed by atoms with van der Waals surface area (Å²) in [5, 5.41) is 7.18. The number of aromatic nitrogens is 4. The maximum Gasteiger partial charge on any atom is 0.255 e. The van der Waals surface area contributed by atoms with E-state index in [0.29, 0.717) is 0 Å². The van der Waals surface area contributed by atoms with Crippen molar-refractivity contribution >= 4 is 22.7 Å². The first kappa shape index (κ1) is 24.2. The lowest BCUT2D eigenvalue weighted by Crippen LogP contribution is -2.46. The number of nitrogens with two attached hydrogens (primary N) is 2. The normalized spacial score (nSPS) is 12.9.